The van der Waals surface area contributed by atoms with E-state index in [2.05, 4.69) is 0 Å². The van der Waals surface area contributed by atoms with Gasteiger partial charge in [-0.2, -0.15) is 0 Å². The first-order valence-corrected chi connectivity index (χ1v) is 2.61. The van der Waals surface area contributed by atoms with Gasteiger partial charge in [0.1, 0.15) is 6.29 Å². The SMILES string of the molecule is CC[C@H](O)/C=C\C=O. The summed E-state index contributed by atoms with van der Waals surface area (Å²) in [7, 11) is 0. The molecule has 0 fully saturated rings. The minimum Gasteiger partial charge on any atom is -0.389 e. The molecule has 0 amide bonds. The van der Waals surface area contributed by atoms with Gasteiger partial charge in [0.05, 0.1) is 6.10 Å². The summed E-state index contributed by atoms with van der Waals surface area (Å²) in [5.74, 6) is 0. The number of aliphatic hydroxyl groups is 1. The molecule has 0 aromatic carbocycles. The fraction of sp³-hybridized carbons (Fsp3) is 0.500. The van der Waals surface area contributed by atoms with Gasteiger partial charge in [0, 0.05) is 0 Å². The zero-order valence-electron chi connectivity index (χ0n) is 4.87. The van der Waals surface area contributed by atoms with Crippen LogP contribution in [0.25, 0.3) is 0 Å². The highest BCUT2D eigenvalue weighted by Gasteiger charge is 1.89. The van der Waals surface area contributed by atoms with Crippen molar-refractivity contribution in [2.75, 3.05) is 0 Å². The van der Waals surface area contributed by atoms with E-state index in [-0.39, 0.29) is 0 Å². The molecule has 2 nitrogen and oxygen atoms in total. The van der Waals surface area contributed by atoms with Crippen molar-refractivity contribution in [1.29, 1.82) is 0 Å². The van der Waals surface area contributed by atoms with Gasteiger partial charge >= 0.3 is 0 Å². The maximum atomic E-state index is 9.63. The van der Waals surface area contributed by atoms with Gasteiger partial charge in [0.25, 0.3) is 0 Å². The third-order valence-corrected chi connectivity index (χ3v) is 0.830. The summed E-state index contributed by atoms with van der Waals surface area (Å²) in [5, 5.41) is 8.74. The zero-order valence-corrected chi connectivity index (χ0v) is 4.87. The Morgan fingerprint density at radius 2 is 2.38 bits per heavy atom. The van der Waals surface area contributed by atoms with Crippen LogP contribution in [0.1, 0.15) is 13.3 Å². The minimum absolute atomic E-state index is 0.458. The van der Waals surface area contributed by atoms with Crippen LogP contribution in [0.15, 0.2) is 12.2 Å². The molecule has 0 aliphatic carbocycles. The van der Waals surface area contributed by atoms with Crippen LogP contribution in [0.5, 0.6) is 0 Å². The van der Waals surface area contributed by atoms with E-state index in [4.69, 9.17) is 5.11 Å². The predicted octanol–water partition coefficient (Wildman–Crippen LogP) is 0.512. The number of allylic oxidation sites excluding steroid dienone is 1. The van der Waals surface area contributed by atoms with Crippen molar-refractivity contribution >= 4 is 6.29 Å². The lowest BCUT2D eigenvalue weighted by molar-refractivity contribution is -0.104. The van der Waals surface area contributed by atoms with Gasteiger partial charge in [-0.15, -0.1) is 0 Å². The molecule has 2 heteroatoms. The van der Waals surface area contributed by atoms with Gasteiger partial charge in [-0.3, -0.25) is 4.79 Å². The fourth-order valence-corrected chi connectivity index (χ4v) is 0.310. The maximum absolute atomic E-state index is 9.63. The van der Waals surface area contributed by atoms with Crippen LogP contribution in [-0.4, -0.2) is 17.5 Å². The smallest absolute Gasteiger partial charge is 0.142 e. The summed E-state index contributed by atoms with van der Waals surface area (Å²) in [6.07, 6.45) is 3.62. The highest BCUT2D eigenvalue weighted by atomic mass is 16.3. The Balaban J connectivity index is 3.35. The van der Waals surface area contributed by atoms with Crippen LogP contribution >= 0.6 is 0 Å². The third-order valence-electron chi connectivity index (χ3n) is 0.830. The van der Waals surface area contributed by atoms with E-state index in [9.17, 15) is 4.79 Å². The molecular weight excluding hydrogens is 104 g/mol. The minimum atomic E-state index is -0.458. The second-order valence-corrected chi connectivity index (χ2v) is 1.50. The monoisotopic (exact) mass is 114 g/mol. The largest absolute Gasteiger partial charge is 0.389 e. The normalized spacial score (nSPS) is 14.2. The topological polar surface area (TPSA) is 37.3 Å². The molecule has 46 valence electrons. The lowest BCUT2D eigenvalue weighted by atomic mass is 10.3. The van der Waals surface area contributed by atoms with Crippen molar-refractivity contribution in [1.82, 2.24) is 0 Å². The predicted molar refractivity (Wildman–Crippen MR) is 31.5 cm³/mol. The Morgan fingerprint density at radius 1 is 1.75 bits per heavy atom. The van der Waals surface area contributed by atoms with Crippen molar-refractivity contribution < 1.29 is 9.90 Å². The lowest BCUT2D eigenvalue weighted by Crippen LogP contribution is -1.97. The standard InChI is InChI=1S/C6H10O2/c1-2-6(8)4-3-5-7/h3-6,8H,2H2,1H3/b4-3-/t6-/m0/s1. The van der Waals surface area contributed by atoms with E-state index in [1.807, 2.05) is 6.92 Å². The summed E-state index contributed by atoms with van der Waals surface area (Å²) in [6.45, 7) is 1.85. The van der Waals surface area contributed by atoms with E-state index in [0.29, 0.717) is 12.7 Å². The first-order chi connectivity index (χ1) is 3.81. The van der Waals surface area contributed by atoms with E-state index in [1.54, 1.807) is 0 Å². The highest BCUT2D eigenvalue weighted by Crippen LogP contribution is 1.88. The van der Waals surface area contributed by atoms with Crippen LogP contribution in [0.4, 0.5) is 0 Å². The maximum Gasteiger partial charge on any atom is 0.142 e. The molecule has 0 aromatic rings. The van der Waals surface area contributed by atoms with E-state index < -0.39 is 6.10 Å². The summed E-state index contributed by atoms with van der Waals surface area (Å²) < 4.78 is 0. The molecule has 0 rings (SSSR count). The molecule has 0 aliphatic rings. The van der Waals surface area contributed by atoms with Crippen LogP contribution in [0.2, 0.25) is 0 Å². The molecule has 0 unspecified atom stereocenters. The number of hydrogen-bond acceptors (Lipinski definition) is 2. The summed E-state index contributed by atoms with van der Waals surface area (Å²) in [6, 6.07) is 0. The molecule has 0 radical (unpaired) electrons. The Kier molecular flexibility index (Phi) is 4.17. The first kappa shape index (κ1) is 7.37. The number of carbonyl (C=O) groups excluding carboxylic acids is 1. The quantitative estimate of drug-likeness (QED) is 0.429. The number of carbonyl (C=O) groups is 1. The van der Waals surface area contributed by atoms with Crippen LogP contribution in [0, 0.1) is 0 Å². The highest BCUT2D eigenvalue weighted by molar-refractivity contribution is 5.64. The van der Waals surface area contributed by atoms with Crippen LogP contribution in [0.3, 0.4) is 0 Å². The van der Waals surface area contributed by atoms with E-state index in [1.165, 1.54) is 12.2 Å². The molecule has 1 N–H and O–H groups in total. The van der Waals surface area contributed by atoms with Gasteiger partial charge in [-0.25, -0.2) is 0 Å². The zero-order chi connectivity index (χ0) is 6.41. The van der Waals surface area contributed by atoms with Crippen LogP contribution < -0.4 is 0 Å². The fourth-order valence-electron chi connectivity index (χ4n) is 0.310. The molecule has 0 aromatic heterocycles. The average Bonchev–Trinajstić information content (AvgIpc) is 1.83. The Labute approximate surface area is 48.8 Å². The number of aldehydes is 1. The van der Waals surface area contributed by atoms with Crippen molar-refractivity contribution in [3.8, 4) is 0 Å². The van der Waals surface area contributed by atoms with Crippen LogP contribution in [-0.2, 0) is 4.79 Å². The van der Waals surface area contributed by atoms with Crippen molar-refractivity contribution in [2.24, 2.45) is 0 Å². The molecule has 0 bridgehead atoms. The van der Waals surface area contributed by atoms with E-state index in [0.717, 1.165) is 0 Å². The molecule has 8 heavy (non-hydrogen) atoms. The van der Waals surface area contributed by atoms with Gasteiger partial charge in [0.2, 0.25) is 0 Å². The van der Waals surface area contributed by atoms with Gasteiger partial charge < -0.3 is 5.11 Å². The van der Waals surface area contributed by atoms with Gasteiger partial charge in [-0.1, -0.05) is 13.0 Å². The molecule has 0 saturated heterocycles. The second-order valence-electron chi connectivity index (χ2n) is 1.50. The second kappa shape index (κ2) is 4.53. The third kappa shape index (κ3) is 3.56. The average molecular weight is 114 g/mol. The van der Waals surface area contributed by atoms with Gasteiger partial charge in [-0.05, 0) is 12.5 Å². The molecule has 0 heterocycles. The Hall–Kier alpha value is -0.630. The number of rotatable bonds is 3. The molecule has 0 saturated carbocycles. The van der Waals surface area contributed by atoms with Gasteiger partial charge in [0.15, 0.2) is 0 Å². The Morgan fingerprint density at radius 3 is 2.75 bits per heavy atom. The number of hydrogen-bond donors (Lipinski definition) is 1. The van der Waals surface area contributed by atoms with E-state index >= 15 is 0 Å². The summed E-state index contributed by atoms with van der Waals surface area (Å²) >= 11 is 0. The molecular formula is C6H10O2. The molecule has 0 aliphatic heterocycles. The van der Waals surface area contributed by atoms with Crippen molar-refractivity contribution in [3.05, 3.63) is 12.2 Å². The Bertz CT molecular complexity index is 86.5. The molecule has 0 spiro atoms. The summed E-state index contributed by atoms with van der Waals surface area (Å²) in [4.78, 5) is 9.63. The lowest BCUT2D eigenvalue weighted by Gasteiger charge is -1.94. The molecule has 1 atom stereocenters. The summed E-state index contributed by atoms with van der Waals surface area (Å²) in [5.41, 5.74) is 0. The van der Waals surface area contributed by atoms with Crippen molar-refractivity contribution in [2.45, 2.75) is 19.4 Å². The number of aliphatic hydroxyl groups excluding tert-OH is 1. The first-order valence-electron chi connectivity index (χ1n) is 2.61. The van der Waals surface area contributed by atoms with Crippen molar-refractivity contribution in [3.63, 3.8) is 0 Å².